The van der Waals surface area contributed by atoms with Crippen LogP contribution in [0.25, 0.3) is 0 Å². The Morgan fingerprint density at radius 3 is 1.50 bits per heavy atom. The Morgan fingerprint density at radius 2 is 1.19 bits per heavy atom. The fourth-order valence-corrected chi connectivity index (χ4v) is 1.78. The lowest BCUT2D eigenvalue weighted by molar-refractivity contribution is 0.758. The number of nitrogens with two attached hydrogens (primary N) is 1. The predicted octanol–water partition coefficient (Wildman–Crippen LogP) is 3.95. The normalized spacial score (nSPS) is 9.50. The van der Waals surface area contributed by atoms with E-state index in [-0.39, 0.29) is 0 Å². The van der Waals surface area contributed by atoms with E-state index in [1.165, 1.54) is 45.6 Å². The third kappa shape index (κ3) is 5.92. The van der Waals surface area contributed by atoms with Gasteiger partial charge in [0.1, 0.15) is 0 Å². The fourth-order valence-electron chi connectivity index (χ4n) is 1.78. The minimum atomic E-state index is 1.26. The van der Waals surface area contributed by atoms with Gasteiger partial charge in [0.15, 0.2) is 0 Å². The lowest BCUT2D eigenvalue weighted by atomic mass is 9.98. The van der Waals surface area contributed by atoms with E-state index in [1.807, 2.05) is 0 Å². The van der Waals surface area contributed by atoms with Crippen molar-refractivity contribution in [3.8, 4) is 0 Å². The second kappa shape index (κ2) is 10.7. The fraction of sp³-hybridized carbons (Fsp3) is 0.600. The predicted molar refractivity (Wildman–Crippen MR) is 73.8 cm³/mol. The number of aryl methyl sites for hydroxylation is 2. The van der Waals surface area contributed by atoms with E-state index in [2.05, 4.69) is 43.8 Å². The summed E-state index contributed by atoms with van der Waals surface area (Å²) in [7, 11) is 1.50. The Morgan fingerprint density at radius 1 is 0.812 bits per heavy atom. The van der Waals surface area contributed by atoms with E-state index in [0.717, 1.165) is 0 Å². The van der Waals surface area contributed by atoms with Gasteiger partial charge in [-0.15, -0.1) is 0 Å². The molecule has 1 nitrogen and oxygen atoms in total. The summed E-state index contributed by atoms with van der Waals surface area (Å²) < 4.78 is 0. The number of hydrogen-bond donors (Lipinski definition) is 1. The first-order valence-corrected chi connectivity index (χ1v) is 6.53. The average molecular weight is 221 g/mol. The Kier molecular flexibility index (Phi) is 10.1. The molecule has 0 aromatic heterocycles. The molecule has 1 aromatic rings. The molecule has 0 saturated heterocycles. The second-order valence-electron chi connectivity index (χ2n) is 3.98. The van der Waals surface area contributed by atoms with Crippen LogP contribution in [0.3, 0.4) is 0 Å². The Balaban J connectivity index is 0.00000106. The minimum Gasteiger partial charge on any atom is -0.333 e. The van der Waals surface area contributed by atoms with Crippen molar-refractivity contribution in [2.45, 2.75) is 52.4 Å². The molecule has 0 saturated carbocycles. The SMILES string of the molecule is CCCCc1ccccc1CCCC.CN. The molecule has 0 atom stereocenters. The van der Waals surface area contributed by atoms with Crippen molar-refractivity contribution < 1.29 is 0 Å². The molecule has 0 bridgehead atoms. The van der Waals surface area contributed by atoms with Crippen molar-refractivity contribution in [1.29, 1.82) is 0 Å². The zero-order valence-electron chi connectivity index (χ0n) is 11.1. The van der Waals surface area contributed by atoms with Gasteiger partial charge < -0.3 is 5.73 Å². The van der Waals surface area contributed by atoms with Crippen LogP contribution in [0.5, 0.6) is 0 Å². The molecule has 0 amide bonds. The Labute approximate surface area is 101 Å². The molecule has 92 valence electrons. The van der Waals surface area contributed by atoms with Crippen LogP contribution in [0.15, 0.2) is 24.3 Å². The molecule has 1 heteroatoms. The zero-order valence-corrected chi connectivity index (χ0v) is 11.1. The standard InChI is InChI=1S/C14H22.CH5N/c1-3-5-9-13-11-7-8-12-14(13)10-6-4-2;1-2/h7-8,11-12H,3-6,9-10H2,1-2H3;2H2,1H3. The lowest BCUT2D eigenvalue weighted by Crippen LogP contribution is -1.94. The smallest absolute Gasteiger partial charge is 0.0195 e. The summed E-state index contributed by atoms with van der Waals surface area (Å²) in [5, 5.41) is 0. The summed E-state index contributed by atoms with van der Waals surface area (Å²) in [5.41, 5.74) is 7.64. The van der Waals surface area contributed by atoms with Gasteiger partial charge in [-0.1, -0.05) is 51.0 Å². The topological polar surface area (TPSA) is 26.0 Å². The summed E-state index contributed by atoms with van der Waals surface area (Å²) in [6.07, 6.45) is 7.75. The molecule has 0 heterocycles. The van der Waals surface area contributed by atoms with Gasteiger partial charge in [0.25, 0.3) is 0 Å². The molecular formula is C15H27N. The third-order valence-electron chi connectivity index (χ3n) is 2.72. The van der Waals surface area contributed by atoms with Crippen LogP contribution in [0.1, 0.15) is 50.7 Å². The van der Waals surface area contributed by atoms with E-state index in [9.17, 15) is 0 Å². The Hall–Kier alpha value is -0.820. The molecule has 1 rings (SSSR count). The summed E-state index contributed by atoms with van der Waals surface area (Å²) in [5.74, 6) is 0. The maximum atomic E-state index is 4.50. The van der Waals surface area contributed by atoms with Crippen LogP contribution in [-0.4, -0.2) is 7.05 Å². The zero-order chi connectivity index (χ0) is 12.2. The molecule has 16 heavy (non-hydrogen) atoms. The summed E-state index contributed by atoms with van der Waals surface area (Å²) >= 11 is 0. The molecule has 0 aliphatic heterocycles. The Bertz CT molecular complexity index is 228. The van der Waals surface area contributed by atoms with E-state index in [0.29, 0.717) is 0 Å². The molecule has 0 fully saturated rings. The summed E-state index contributed by atoms with van der Waals surface area (Å²) in [6.45, 7) is 4.52. The van der Waals surface area contributed by atoms with E-state index >= 15 is 0 Å². The summed E-state index contributed by atoms with van der Waals surface area (Å²) in [6, 6.07) is 8.92. The molecule has 2 N–H and O–H groups in total. The highest BCUT2D eigenvalue weighted by atomic mass is 14.4. The minimum absolute atomic E-state index is 1.26. The van der Waals surface area contributed by atoms with Crippen LogP contribution in [0, 0.1) is 0 Å². The van der Waals surface area contributed by atoms with Crippen LogP contribution < -0.4 is 5.73 Å². The van der Waals surface area contributed by atoms with Crippen LogP contribution in [0.4, 0.5) is 0 Å². The second-order valence-corrected chi connectivity index (χ2v) is 3.98. The van der Waals surface area contributed by atoms with Gasteiger partial charge in [-0.2, -0.15) is 0 Å². The highest BCUT2D eigenvalue weighted by molar-refractivity contribution is 5.27. The van der Waals surface area contributed by atoms with Gasteiger partial charge in [0.05, 0.1) is 0 Å². The first kappa shape index (κ1) is 15.2. The first-order chi connectivity index (χ1) is 7.88. The maximum absolute atomic E-state index is 4.50. The van der Waals surface area contributed by atoms with Crippen LogP contribution >= 0.6 is 0 Å². The number of benzene rings is 1. The highest BCUT2D eigenvalue weighted by Gasteiger charge is 1.99. The van der Waals surface area contributed by atoms with Crippen molar-refractivity contribution in [2.75, 3.05) is 7.05 Å². The number of unbranched alkanes of at least 4 members (excludes halogenated alkanes) is 2. The van der Waals surface area contributed by atoms with Crippen molar-refractivity contribution in [1.82, 2.24) is 0 Å². The van der Waals surface area contributed by atoms with Gasteiger partial charge in [-0.3, -0.25) is 0 Å². The van der Waals surface area contributed by atoms with E-state index in [1.54, 1.807) is 11.1 Å². The molecule has 0 aliphatic carbocycles. The van der Waals surface area contributed by atoms with Crippen molar-refractivity contribution in [3.05, 3.63) is 35.4 Å². The lowest BCUT2D eigenvalue weighted by Gasteiger charge is -2.07. The average Bonchev–Trinajstić information content (AvgIpc) is 2.37. The van der Waals surface area contributed by atoms with E-state index in [4.69, 9.17) is 0 Å². The van der Waals surface area contributed by atoms with Crippen LogP contribution in [-0.2, 0) is 12.8 Å². The van der Waals surface area contributed by atoms with Gasteiger partial charge >= 0.3 is 0 Å². The molecule has 0 radical (unpaired) electrons. The van der Waals surface area contributed by atoms with Crippen molar-refractivity contribution >= 4 is 0 Å². The third-order valence-corrected chi connectivity index (χ3v) is 2.72. The molecule has 0 spiro atoms. The molecule has 1 aromatic carbocycles. The largest absolute Gasteiger partial charge is 0.333 e. The number of hydrogen-bond acceptors (Lipinski definition) is 1. The molecule has 0 aliphatic rings. The monoisotopic (exact) mass is 221 g/mol. The van der Waals surface area contributed by atoms with Gasteiger partial charge in [-0.25, -0.2) is 0 Å². The summed E-state index contributed by atoms with van der Waals surface area (Å²) in [4.78, 5) is 0. The van der Waals surface area contributed by atoms with Gasteiger partial charge in [0.2, 0.25) is 0 Å². The first-order valence-electron chi connectivity index (χ1n) is 6.53. The van der Waals surface area contributed by atoms with Gasteiger partial charge in [-0.05, 0) is 43.9 Å². The number of rotatable bonds is 6. The quantitative estimate of drug-likeness (QED) is 0.773. The van der Waals surface area contributed by atoms with Crippen molar-refractivity contribution in [3.63, 3.8) is 0 Å². The molecular weight excluding hydrogens is 194 g/mol. The van der Waals surface area contributed by atoms with Crippen LogP contribution in [0.2, 0.25) is 0 Å². The van der Waals surface area contributed by atoms with Gasteiger partial charge in [0, 0.05) is 0 Å². The molecule has 0 unspecified atom stereocenters. The highest BCUT2D eigenvalue weighted by Crippen LogP contribution is 2.14. The van der Waals surface area contributed by atoms with Crippen molar-refractivity contribution in [2.24, 2.45) is 5.73 Å². The van der Waals surface area contributed by atoms with E-state index < -0.39 is 0 Å². The maximum Gasteiger partial charge on any atom is -0.0195 e.